The van der Waals surface area contributed by atoms with Crippen molar-refractivity contribution in [1.82, 2.24) is 0 Å². The van der Waals surface area contributed by atoms with Crippen LogP contribution in [0.25, 0.3) is 0 Å². The van der Waals surface area contributed by atoms with Crippen molar-refractivity contribution in [3.63, 3.8) is 0 Å². The van der Waals surface area contributed by atoms with Crippen LogP contribution in [0.4, 0.5) is 0 Å². The number of hydrogen-bond acceptors (Lipinski definition) is 1. The maximum absolute atomic E-state index is 5.45. The minimum atomic E-state index is 0.175. The first-order chi connectivity index (χ1) is 4.13. The molecular weight excluding hydrogens is 144 g/mol. The SMILES string of the molecule is CC(C)=[SiH]O[SiH]=C(C)C. The topological polar surface area (TPSA) is 9.23 Å². The molecule has 0 aromatic heterocycles. The first-order valence-corrected chi connectivity index (χ1v) is 5.15. The van der Waals surface area contributed by atoms with E-state index in [9.17, 15) is 0 Å². The Morgan fingerprint density at radius 1 is 0.889 bits per heavy atom. The highest BCUT2D eigenvalue weighted by Gasteiger charge is 1.76. The molecule has 0 aromatic rings. The van der Waals surface area contributed by atoms with Crippen LogP contribution in [0.3, 0.4) is 0 Å². The van der Waals surface area contributed by atoms with Crippen LogP contribution in [0.5, 0.6) is 0 Å². The molecule has 0 unspecified atom stereocenters. The summed E-state index contributed by atoms with van der Waals surface area (Å²) in [4.78, 5) is 0. The van der Waals surface area contributed by atoms with Crippen molar-refractivity contribution in [1.29, 1.82) is 0 Å². The summed E-state index contributed by atoms with van der Waals surface area (Å²) in [5.41, 5.74) is 0. The molecule has 0 saturated heterocycles. The van der Waals surface area contributed by atoms with Crippen molar-refractivity contribution in [2.24, 2.45) is 0 Å². The van der Waals surface area contributed by atoms with E-state index >= 15 is 0 Å². The van der Waals surface area contributed by atoms with E-state index in [0.717, 1.165) is 0 Å². The van der Waals surface area contributed by atoms with Crippen molar-refractivity contribution in [2.45, 2.75) is 27.7 Å². The Bertz CT molecular complexity index is 114. The van der Waals surface area contributed by atoms with Crippen LogP contribution < -0.4 is 0 Å². The van der Waals surface area contributed by atoms with Gasteiger partial charge in [-0.05, 0) is 27.7 Å². The van der Waals surface area contributed by atoms with Crippen LogP contribution in [0.15, 0.2) is 0 Å². The zero-order chi connectivity index (χ0) is 7.28. The van der Waals surface area contributed by atoms with Gasteiger partial charge in [-0.3, -0.25) is 0 Å². The molecule has 0 rings (SSSR count). The molecule has 0 heterocycles. The van der Waals surface area contributed by atoms with Crippen LogP contribution in [0.2, 0.25) is 0 Å². The van der Waals surface area contributed by atoms with Crippen molar-refractivity contribution in [2.75, 3.05) is 0 Å². The fourth-order valence-corrected chi connectivity index (χ4v) is 2.76. The van der Waals surface area contributed by atoms with Crippen LogP contribution in [0.1, 0.15) is 27.7 Å². The van der Waals surface area contributed by atoms with Crippen LogP contribution in [0, 0.1) is 0 Å². The minimum Gasteiger partial charge on any atom is -0.583 e. The zero-order valence-corrected chi connectivity index (χ0v) is 8.87. The summed E-state index contributed by atoms with van der Waals surface area (Å²) in [5, 5.41) is 2.87. The highest BCUT2D eigenvalue weighted by atomic mass is 28.3. The van der Waals surface area contributed by atoms with Gasteiger partial charge in [-0.15, -0.1) is 0 Å². The van der Waals surface area contributed by atoms with Gasteiger partial charge >= 0.3 is 0 Å². The quantitative estimate of drug-likeness (QED) is 0.519. The van der Waals surface area contributed by atoms with E-state index in [1.165, 1.54) is 10.3 Å². The van der Waals surface area contributed by atoms with Gasteiger partial charge in [-0.25, -0.2) is 0 Å². The maximum atomic E-state index is 5.45. The third-order valence-corrected chi connectivity index (χ3v) is 2.64. The average molecular weight is 158 g/mol. The first-order valence-electron chi connectivity index (χ1n) is 3.05. The molecule has 0 N–H and O–H groups in total. The number of rotatable bonds is 2. The summed E-state index contributed by atoms with van der Waals surface area (Å²) < 4.78 is 5.45. The Morgan fingerprint density at radius 2 is 1.22 bits per heavy atom. The van der Waals surface area contributed by atoms with Gasteiger partial charge in [0.25, 0.3) is 0 Å². The lowest BCUT2D eigenvalue weighted by Gasteiger charge is -1.92. The van der Waals surface area contributed by atoms with E-state index in [-0.39, 0.29) is 18.8 Å². The lowest BCUT2D eigenvalue weighted by Crippen LogP contribution is -2.02. The molecule has 9 heavy (non-hydrogen) atoms. The molecule has 0 bridgehead atoms. The Labute approximate surface area is 61.6 Å². The van der Waals surface area contributed by atoms with Crippen molar-refractivity contribution < 1.29 is 4.12 Å². The summed E-state index contributed by atoms with van der Waals surface area (Å²) >= 11 is 0. The molecule has 0 aromatic carbocycles. The van der Waals surface area contributed by atoms with Gasteiger partial charge in [-0.1, -0.05) is 10.3 Å². The third kappa shape index (κ3) is 7.97. The van der Waals surface area contributed by atoms with Crippen LogP contribution >= 0.6 is 0 Å². The summed E-state index contributed by atoms with van der Waals surface area (Å²) in [6.07, 6.45) is 0. The van der Waals surface area contributed by atoms with E-state index in [4.69, 9.17) is 4.12 Å². The molecular formula is C6H14OSi2. The molecule has 0 aliphatic carbocycles. The summed E-state index contributed by atoms with van der Waals surface area (Å²) in [6, 6.07) is 0. The Hall–Kier alpha value is -0.0262. The Kier molecular flexibility index (Phi) is 4.80. The third-order valence-electron chi connectivity index (χ3n) is 0.607. The molecule has 0 radical (unpaired) electrons. The van der Waals surface area contributed by atoms with Gasteiger partial charge in [0.15, 0.2) is 0 Å². The average Bonchev–Trinajstić information content (AvgIpc) is 1.63. The Balaban J connectivity index is 3.53. The van der Waals surface area contributed by atoms with Crippen molar-refractivity contribution in [3.05, 3.63) is 0 Å². The van der Waals surface area contributed by atoms with Crippen molar-refractivity contribution >= 4 is 29.1 Å². The molecule has 0 saturated carbocycles. The second-order valence-corrected chi connectivity index (χ2v) is 6.40. The largest absolute Gasteiger partial charge is 0.583 e. The highest BCUT2D eigenvalue weighted by Crippen LogP contribution is 1.65. The van der Waals surface area contributed by atoms with Gasteiger partial charge in [0.1, 0.15) is 0 Å². The van der Waals surface area contributed by atoms with Crippen LogP contribution in [-0.4, -0.2) is 29.1 Å². The predicted octanol–water partition coefficient (Wildman–Crippen LogP) is 0.130. The second kappa shape index (κ2) is 4.82. The van der Waals surface area contributed by atoms with Crippen molar-refractivity contribution in [3.8, 4) is 0 Å². The molecule has 0 spiro atoms. The molecule has 52 valence electrons. The fourth-order valence-electron chi connectivity index (χ4n) is 0.306. The standard InChI is InChI=1S/C6H14OSi2/c1-5(2)8-7-9-6(3)4/h8-9H,1-4H3. The summed E-state index contributed by atoms with van der Waals surface area (Å²) in [6.45, 7) is 8.50. The van der Waals surface area contributed by atoms with E-state index in [1.807, 2.05) is 0 Å². The van der Waals surface area contributed by atoms with Crippen LogP contribution in [-0.2, 0) is 4.12 Å². The van der Waals surface area contributed by atoms with E-state index in [2.05, 4.69) is 27.7 Å². The van der Waals surface area contributed by atoms with Gasteiger partial charge in [0, 0.05) is 0 Å². The summed E-state index contributed by atoms with van der Waals surface area (Å²) in [5.74, 6) is 0. The molecule has 0 aliphatic heterocycles. The van der Waals surface area contributed by atoms with E-state index in [1.54, 1.807) is 0 Å². The molecule has 1 nitrogen and oxygen atoms in total. The van der Waals surface area contributed by atoms with Gasteiger partial charge < -0.3 is 4.12 Å². The lowest BCUT2D eigenvalue weighted by atomic mass is 10.6. The van der Waals surface area contributed by atoms with E-state index < -0.39 is 0 Å². The predicted molar refractivity (Wildman–Crippen MR) is 48.1 cm³/mol. The second-order valence-electron chi connectivity index (χ2n) is 2.53. The fraction of sp³-hybridized carbons (Fsp3) is 0.667. The molecule has 0 atom stereocenters. The lowest BCUT2D eigenvalue weighted by molar-refractivity contribution is 0.679. The molecule has 0 aliphatic rings. The van der Waals surface area contributed by atoms with Gasteiger partial charge in [0.2, 0.25) is 18.8 Å². The first kappa shape index (κ1) is 8.97. The normalized spacial score (nSPS) is 8.00. The zero-order valence-electron chi connectivity index (χ0n) is 6.56. The molecule has 3 heteroatoms. The van der Waals surface area contributed by atoms with Gasteiger partial charge in [0.05, 0.1) is 0 Å². The smallest absolute Gasteiger partial charge is 0.203 e. The highest BCUT2D eigenvalue weighted by molar-refractivity contribution is 6.58. The maximum Gasteiger partial charge on any atom is 0.203 e. The molecule has 0 amide bonds. The molecule has 0 fully saturated rings. The Morgan fingerprint density at radius 3 is 1.44 bits per heavy atom. The number of hydrogen-bond donors (Lipinski definition) is 0. The summed E-state index contributed by atoms with van der Waals surface area (Å²) in [7, 11) is 0.350. The van der Waals surface area contributed by atoms with E-state index in [0.29, 0.717) is 0 Å². The minimum absolute atomic E-state index is 0.175. The monoisotopic (exact) mass is 158 g/mol. The van der Waals surface area contributed by atoms with Gasteiger partial charge in [-0.2, -0.15) is 0 Å².